The third-order valence-corrected chi connectivity index (χ3v) is 6.26. The summed E-state index contributed by atoms with van der Waals surface area (Å²) in [5, 5.41) is 7.34. The standard InChI is InChI=1S/C22H22FN5O3S/c1-22(2,3)18-12-19(28(26-18)15-10-8-14(23)9-11-15)25-20(29)13-24-21-16-6-4-5-7-17(16)32(30,31)27-21/h4-12H,13H2,1-3H3,(H,24,27)(H,25,29). The number of nitrogens with one attached hydrogen (secondary N) is 2. The minimum Gasteiger partial charge on any atom is -0.309 e. The quantitative estimate of drug-likeness (QED) is 0.631. The summed E-state index contributed by atoms with van der Waals surface area (Å²) in [6, 6.07) is 13.9. The largest absolute Gasteiger partial charge is 0.309 e. The molecule has 0 radical (unpaired) electrons. The van der Waals surface area contributed by atoms with Crippen molar-refractivity contribution in [2.24, 2.45) is 4.99 Å². The summed E-state index contributed by atoms with van der Waals surface area (Å²) in [5.41, 5.74) is 1.46. The van der Waals surface area contributed by atoms with E-state index in [1.165, 1.54) is 22.9 Å². The molecule has 0 atom stereocenters. The number of anilines is 1. The monoisotopic (exact) mass is 455 g/mol. The summed E-state index contributed by atoms with van der Waals surface area (Å²) in [7, 11) is -3.68. The highest BCUT2D eigenvalue weighted by Gasteiger charge is 2.30. The van der Waals surface area contributed by atoms with E-state index < -0.39 is 15.9 Å². The van der Waals surface area contributed by atoms with Crippen LogP contribution in [-0.4, -0.2) is 36.5 Å². The van der Waals surface area contributed by atoms with Gasteiger partial charge in [-0.15, -0.1) is 0 Å². The fraction of sp³-hybridized carbons (Fsp3) is 0.227. The van der Waals surface area contributed by atoms with Gasteiger partial charge in [0.15, 0.2) is 0 Å². The van der Waals surface area contributed by atoms with Crippen molar-refractivity contribution >= 4 is 27.6 Å². The summed E-state index contributed by atoms with van der Waals surface area (Å²) >= 11 is 0. The molecule has 166 valence electrons. The van der Waals surface area contributed by atoms with Gasteiger partial charge in [-0.1, -0.05) is 32.9 Å². The number of fused-ring (bicyclic) bond motifs is 1. The first-order valence-corrected chi connectivity index (χ1v) is 11.4. The molecule has 0 aliphatic carbocycles. The Morgan fingerprint density at radius 1 is 1.16 bits per heavy atom. The van der Waals surface area contributed by atoms with Gasteiger partial charge in [-0.25, -0.2) is 17.5 Å². The van der Waals surface area contributed by atoms with Gasteiger partial charge in [0.1, 0.15) is 24.0 Å². The molecule has 10 heteroatoms. The zero-order valence-electron chi connectivity index (χ0n) is 17.8. The summed E-state index contributed by atoms with van der Waals surface area (Å²) in [4.78, 5) is 16.9. The molecule has 2 aromatic carbocycles. The summed E-state index contributed by atoms with van der Waals surface area (Å²) in [5.74, 6) is -0.306. The average Bonchev–Trinajstić information content (AvgIpc) is 3.26. The number of benzene rings is 2. The number of rotatable bonds is 4. The fourth-order valence-corrected chi connectivity index (χ4v) is 4.45. The molecule has 2 heterocycles. The molecule has 0 spiro atoms. The number of halogens is 1. The van der Waals surface area contributed by atoms with Gasteiger partial charge in [-0.2, -0.15) is 5.10 Å². The second-order valence-electron chi connectivity index (χ2n) is 8.37. The van der Waals surface area contributed by atoms with E-state index in [1.54, 1.807) is 36.4 Å². The average molecular weight is 456 g/mol. The third-order valence-electron chi connectivity index (χ3n) is 4.86. The molecule has 1 aliphatic rings. The van der Waals surface area contributed by atoms with Gasteiger partial charge in [0.25, 0.3) is 10.0 Å². The van der Waals surface area contributed by atoms with E-state index in [2.05, 4.69) is 20.1 Å². The lowest BCUT2D eigenvalue weighted by Crippen LogP contribution is -2.24. The number of hydrogen-bond acceptors (Lipinski definition) is 5. The second kappa shape index (κ2) is 7.86. The van der Waals surface area contributed by atoms with Crippen molar-refractivity contribution in [2.75, 3.05) is 11.9 Å². The van der Waals surface area contributed by atoms with E-state index in [-0.39, 0.29) is 28.5 Å². The first-order chi connectivity index (χ1) is 15.0. The Kier molecular flexibility index (Phi) is 5.33. The molecule has 0 bridgehead atoms. The second-order valence-corrected chi connectivity index (χ2v) is 10.0. The van der Waals surface area contributed by atoms with Crippen molar-refractivity contribution in [3.8, 4) is 5.69 Å². The SMILES string of the molecule is CC(C)(C)c1cc(NC(=O)CN=C2NS(=O)(=O)c3ccccc32)n(-c2ccc(F)cc2)n1. The predicted octanol–water partition coefficient (Wildman–Crippen LogP) is 2.99. The number of aromatic nitrogens is 2. The maximum Gasteiger partial charge on any atom is 0.263 e. The summed E-state index contributed by atoms with van der Waals surface area (Å²) < 4.78 is 41.6. The molecule has 2 N–H and O–H groups in total. The van der Waals surface area contributed by atoms with Crippen LogP contribution in [0.1, 0.15) is 32.0 Å². The Balaban J connectivity index is 1.59. The number of amides is 1. The van der Waals surface area contributed by atoms with Crippen LogP contribution in [0, 0.1) is 5.82 Å². The van der Waals surface area contributed by atoms with Crippen molar-refractivity contribution in [1.82, 2.24) is 14.5 Å². The van der Waals surface area contributed by atoms with Crippen LogP contribution in [0.3, 0.4) is 0 Å². The fourth-order valence-electron chi connectivity index (χ4n) is 3.20. The van der Waals surface area contributed by atoms with Crippen LogP contribution >= 0.6 is 0 Å². The van der Waals surface area contributed by atoms with Crippen LogP contribution in [0.25, 0.3) is 5.69 Å². The first kappa shape index (κ1) is 21.7. The van der Waals surface area contributed by atoms with Crippen molar-refractivity contribution in [3.63, 3.8) is 0 Å². The first-order valence-electron chi connectivity index (χ1n) is 9.87. The van der Waals surface area contributed by atoms with Gasteiger partial charge >= 0.3 is 0 Å². The topological polar surface area (TPSA) is 105 Å². The molecule has 0 saturated carbocycles. The van der Waals surface area contributed by atoms with Crippen LogP contribution in [-0.2, 0) is 20.2 Å². The van der Waals surface area contributed by atoms with E-state index in [4.69, 9.17) is 0 Å². The minimum atomic E-state index is -3.68. The molecule has 1 amide bonds. The van der Waals surface area contributed by atoms with Crippen molar-refractivity contribution in [3.05, 3.63) is 71.7 Å². The molecule has 32 heavy (non-hydrogen) atoms. The number of hydrogen-bond donors (Lipinski definition) is 2. The number of carbonyl (C=O) groups is 1. The molecule has 1 aromatic heterocycles. The van der Waals surface area contributed by atoms with Crippen molar-refractivity contribution < 1.29 is 17.6 Å². The number of carbonyl (C=O) groups excluding carboxylic acids is 1. The zero-order chi connectivity index (χ0) is 23.1. The number of aliphatic imine (C=N–C) groups is 1. The van der Waals surface area contributed by atoms with Gasteiger partial charge in [0, 0.05) is 17.0 Å². The highest BCUT2D eigenvalue weighted by Crippen LogP contribution is 2.26. The van der Waals surface area contributed by atoms with E-state index in [9.17, 15) is 17.6 Å². The van der Waals surface area contributed by atoms with E-state index >= 15 is 0 Å². The smallest absolute Gasteiger partial charge is 0.263 e. The van der Waals surface area contributed by atoms with Gasteiger partial charge in [-0.3, -0.25) is 14.5 Å². The lowest BCUT2D eigenvalue weighted by molar-refractivity contribution is -0.114. The molecule has 0 unspecified atom stereocenters. The maximum absolute atomic E-state index is 13.4. The predicted molar refractivity (Wildman–Crippen MR) is 119 cm³/mol. The van der Waals surface area contributed by atoms with Crippen LogP contribution in [0.4, 0.5) is 10.2 Å². The lowest BCUT2D eigenvalue weighted by atomic mass is 9.92. The third kappa shape index (κ3) is 4.26. The highest BCUT2D eigenvalue weighted by atomic mass is 32.2. The molecular formula is C22H22FN5O3S. The van der Waals surface area contributed by atoms with Gasteiger partial charge in [0.2, 0.25) is 5.91 Å². The Bertz CT molecular complexity index is 1320. The number of amidine groups is 1. The van der Waals surface area contributed by atoms with E-state index in [0.29, 0.717) is 17.1 Å². The Morgan fingerprint density at radius 3 is 2.53 bits per heavy atom. The van der Waals surface area contributed by atoms with Crippen LogP contribution in [0.5, 0.6) is 0 Å². The van der Waals surface area contributed by atoms with Crippen LogP contribution in [0.2, 0.25) is 0 Å². The lowest BCUT2D eigenvalue weighted by Gasteiger charge is -2.14. The Hall–Kier alpha value is -3.53. The molecule has 0 saturated heterocycles. The normalized spacial score (nSPS) is 15.9. The van der Waals surface area contributed by atoms with Gasteiger partial charge in [-0.05, 0) is 36.4 Å². The van der Waals surface area contributed by atoms with Crippen LogP contribution < -0.4 is 10.0 Å². The molecule has 4 rings (SSSR count). The maximum atomic E-state index is 13.4. The van der Waals surface area contributed by atoms with E-state index in [0.717, 1.165) is 5.69 Å². The van der Waals surface area contributed by atoms with Gasteiger partial charge in [0.05, 0.1) is 16.3 Å². The summed E-state index contributed by atoms with van der Waals surface area (Å²) in [6.07, 6.45) is 0. The van der Waals surface area contributed by atoms with Gasteiger partial charge < -0.3 is 5.32 Å². The number of nitrogens with zero attached hydrogens (tertiary/aromatic N) is 3. The Morgan fingerprint density at radius 2 is 1.84 bits per heavy atom. The molecule has 1 aliphatic heterocycles. The molecule has 3 aromatic rings. The molecule has 0 fully saturated rings. The zero-order valence-corrected chi connectivity index (χ0v) is 18.6. The highest BCUT2D eigenvalue weighted by molar-refractivity contribution is 7.90. The summed E-state index contributed by atoms with van der Waals surface area (Å²) in [6.45, 7) is 5.67. The van der Waals surface area contributed by atoms with E-state index in [1.807, 2.05) is 20.8 Å². The molecule has 8 nitrogen and oxygen atoms in total. The van der Waals surface area contributed by atoms with Crippen LogP contribution in [0.15, 0.2) is 64.5 Å². The Labute approximate surface area is 185 Å². The molecular weight excluding hydrogens is 433 g/mol. The van der Waals surface area contributed by atoms with Crippen molar-refractivity contribution in [2.45, 2.75) is 31.1 Å². The number of sulfonamides is 1. The van der Waals surface area contributed by atoms with Crippen molar-refractivity contribution in [1.29, 1.82) is 0 Å². The minimum absolute atomic E-state index is 0.123.